The van der Waals surface area contributed by atoms with Crippen molar-refractivity contribution in [3.8, 4) is 12.3 Å². The van der Waals surface area contributed by atoms with Gasteiger partial charge in [0.05, 0.1) is 12.7 Å². The van der Waals surface area contributed by atoms with Gasteiger partial charge in [-0.05, 0) is 22.4 Å². The molecule has 0 atom stereocenters. The Balaban J connectivity index is 2.71. The van der Waals surface area contributed by atoms with E-state index in [1.807, 2.05) is 30.3 Å². The summed E-state index contributed by atoms with van der Waals surface area (Å²) in [5, 5.41) is 1.89. The van der Waals surface area contributed by atoms with Crippen LogP contribution in [-0.4, -0.2) is 13.1 Å². The summed E-state index contributed by atoms with van der Waals surface area (Å²) >= 11 is 0. The van der Waals surface area contributed by atoms with Crippen LogP contribution in [0, 0.1) is 12.3 Å². The van der Waals surface area contributed by atoms with Gasteiger partial charge in [-0.2, -0.15) is 0 Å². The van der Waals surface area contributed by atoms with E-state index in [1.165, 1.54) is 7.11 Å². The van der Waals surface area contributed by atoms with Crippen LogP contribution in [-0.2, 0) is 11.2 Å². The number of carbonyl (C=O) groups is 1. The molecule has 17 heavy (non-hydrogen) atoms. The Hall–Kier alpha value is -2.27. The van der Waals surface area contributed by atoms with E-state index in [9.17, 15) is 4.79 Å². The molecule has 0 heterocycles. The lowest BCUT2D eigenvalue weighted by atomic mass is 9.98. The van der Waals surface area contributed by atoms with Crippen LogP contribution in [0.15, 0.2) is 36.4 Å². The Morgan fingerprint density at radius 3 is 2.59 bits per heavy atom. The van der Waals surface area contributed by atoms with Gasteiger partial charge in [0.2, 0.25) is 0 Å². The fourth-order valence-corrected chi connectivity index (χ4v) is 1.91. The van der Waals surface area contributed by atoms with Crippen LogP contribution in [0.4, 0.5) is 0 Å². The first-order valence-corrected chi connectivity index (χ1v) is 5.30. The van der Waals surface area contributed by atoms with Gasteiger partial charge in [-0.25, -0.2) is 4.79 Å². The van der Waals surface area contributed by atoms with E-state index in [0.29, 0.717) is 12.0 Å². The molecule has 2 heteroatoms. The summed E-state index contributed by atoms with van der Waals surface area (Å²) in [7, 11) is 1.38. The maximum absolute atomic E-state index is 11.6. The van der Waals surface area contributed by atoms with Gasteiger partial charge in [-0.1, -0.05) is 30.3 Å². The fraction of sp³-hybridized carbons (Fsp3) is 0.133. The van der Waals surface area contributed by atoms with Crippen molar-refractivity contribution in [3.05, 3.63) is 47.5 Å². The SMILES string of the molecule is C#CCc1ccc(C(=O)OC)c2ccccc12. The summed E-state index contributed by atoms with van der Waals surface area (Å²) in [6.45, 7) is 0. The van der Waals surface area contributed by atoms with E-state index in [2.05, 4.69) is 5.92 Å². The highest BCUT2D eigenvalue weighted by molar-refractivity contribution is 6.05. The summed E-state index contributed by atoms with van der Waals surface area (Å²) < 4.78 is 4.76. The second kappa shape index (κ2) is 4.71. The Morgan fingerprint density at radius 1 is 1.24 bits per heavy atom. The lowest BCUT2D eigenvalue weighted by Gasteiger charge is -2.08. The second-order valence-electron chi connectivity index (χ2n) is 3.69. The number of rotatable bonds is 2. The van der Waals surface area contributed by atoms with Crippen LogP contribution >= 0.6 is 0 Å². The van der Waals surface area contributed by atoms with E-state index >= 15 is 0 Å². The number of carbonyl (C=O) groups excluding carboxylic acids is 1. The Morgan fingerprint density at radius 2 is 1.94 bits per heavy atom. The largest absolute Gasteiger partial charge is 0.465 e. The van der Waals surface area contributed by atoms with E-state index in [0.717, 1.165) is 16.3 Å². The third-order valence-electron chi connectivity index (χ3n) is 2.71. The Bertz CT molecular complexity index is 606. The van der Waals surface area contributed by atoms with Crippen molar-refractivity contribution < 1.29 is 9.53 Å². The van der Waals surface area contributed by atoms with Crippen molar-refractivity contribution >= 4 is 16.7 Å². The van der Waals surface area contributed by atoms with Crippen molar-refractivity contribution in [2.45, 2.75) is 6.42 Å². The van der Waals surface area contributed by atoms with Crippen LogP contribution < -0.4 is 0 Å². The summed E-state index contributed by atoms with van der Waals surface area (Å²) in [5.41, 5.74) is 1.62. The first-order chi connectivity index (χ1) is 8.27. The molecular formula is C15H12O2. The molecule has 0 amide bonds. The topological polar surface area (TPSA) is 26.3 Å². The van der Waals surface area contributed by atoms with Crippen molar-refractivity contribution in [1.82, 2.24) is 0 Å². The number of methoxy groups -OCH3 is 1. The average Bonchev–Trinajstić information content (AvgIpc) is 2.38. The molecule has 0 aliphatic rings. The molecule has 0 radical (unpaired) electrons. The number of hydrogen-bond acceptors (Lipinski definition) is 2. The van der Waals surface area contributed by atoms with Gasteiger partial charge < -0.3 is 4.74 Å². The van der Waals surface area contributed by atoms with Gasteiger partial charge in [-0.3, -0.25) is 0 Å². The van der Waals surface area contributed by atoms with Crippen molar-refractivity contribution in [1.29, 1.82) is 0 Å². The van der Waals surface area contributed by atoms with Gasteiger partial charge in [0.15, 0.2) is 0 Å². The second-order valence-corrected chi connectivity index (χ2v) is 3.69. The predicted molar refractivity (Wildman–Crippen MR) is 67.8 cm³/mol. The maximum atomic E-state index is 11.6. The Labute approximate surface area is 100 Å². The van der Waals surface area contributed by atoms with Crippen LogP contribution in [0.2, 0.25) is 0 Å². The normalized spacial score (nSPS) is 9.88. The first-order valence-electron chi connectivity index (χ1n) is 5.30. The summed E-state index contributed by atoms with van der Waals surface area (Å²) in [4.78, 5) is 11.6. The zero-order chi connectivity index (χ0) is 12.3. The number of benzene rings is 2. The van der Waals surface area contributed by atoms with Gasteiger partial charge in [0, 0.05) is 6.42 Å². The lowest BCUT2D eigenvalue weighted by molar-refractivity contribution is 0.0603. The van der Waals surface area contributed by atoms with Gasteiger partial charge >= 0.3 is 5.97 Å². The minimum Gasteiger partial charge on any atom is -0.465 e. The van der Waals surface area contributed by atoms with Crippen LogP contribution in [0.25, 0.3) is 10.8 Å². The van der Waals surface area contributed by atoms with Crippen molar-refractivity contribution in [3.63, 3.8) is 0 Å². The smallest absolute Gasteiger partial charge is 0.338 e. The molecule has 84 valence electrons. The number of esters is 1. The predicted octanol–water partition coefficient (Wildman–Crippen LogP) is 2.80. The summed E-state index contributed by atoms with van der Waals surface area (Å²) in [6.07, 6.45) is 5.89. The number of hydrogen-bond donors (Lipinski definition) is 0. The first kappa shape index (κ1) is 11.2. The highest BCUT2D eigenvalue weighted by Gasteiger charge is 2.11. The lowest BCUT2D eigenvalue weighted by Crippen LogP contribution is -2.02. The molecular weight excluding hydrogens is 212 g/mol. The highest BCUT2D eigenvalue weighted by atomic mass is 16.5. The minimum atomic E-state index is -0.326. The molecule has 2 aromatic carbocycles. The third kappa shape index (κ3) is 2.00. The summed E-state index contributed by atoms with van der Waals surface area (Å²) in [5.74, 6) is 2.30. The molecule has 0 spiro atoms. The minimum absolute atomic E-state index is 0.326. The van der Waals surface area contributed by atoms with E-state index in [1.54, 1.807) is 6.07 Å². The van der Waals surface area contributed by atoms with E-state index in [4.69, 9.17) is 11.2 Å². The van der Waals surface area contributed by atoms with Gasteiger partial charge in [-0.15, -0.1) is 12.3 Å². The molecule has 0 aromatic heterocycles. The molecule has 0 aliphatic carbocycles. The quantitative estimate of drug-likeness (QED) is 0.579. The number of fused-ring (bicyclic) bond motifs is 1. The maximum Gasteiger partial charge on any atom is 0.338 e. The fourth-order valence-electron chi connectivity index (χ4n) is 1.91. The zero-order valence-corrected chi connectivity index (χ0v) is 9.57. The molecule has 2 rings (SSSR count). The van der Waals surface area contributed by atoms with Crippen LogP contribution in [0.1, 0.15) is 15.9 Å². The molecule has 0 fully saturated rings. The third-order valence-corrected chi connectivity index (χ3v) is 2.71. The zero-order valence-electron chi connectivity index (χ0n) is 9.57. The average molecular weight is 224 g/mol. The summed E-state index contributed by atoms with van der Waals surface area (Å²) in [6, 6.07) is 11.4. The molecule has 2 nitrogen and oxygen atoms in total. The number of terminal acetylenes is 1. The molecule has 0 saturated heterocycles. The molecule has 0 N–H and O–H groups in total. The van der Waals surface area contributed by atoms with Crippen molar-refractivity contribution in [2.24, 2.45) is 0 Å². The van der Waals surface area contributed by atoms with Crippen LogP contribution in [0.5, 0.6) is 0 Å². The highest BCUT2D eigenvalue weighted by Crippen LogP contribution is 2.23. The molecule has 0 bridgehead atoms. The number of ether oxygens (including phenoxy) is 1. The molecule has 0 unspecified atom stereocenters. The molecule has 2 aromatic rings. The Kier molecular flexibility index (Phi) is 3.11. The van der Waals surface area contributed by atoms with E-state index < -0.39 is 0 Å². The van der Waals surface area contributed by atoms with Gasteiger partial charge in [0.1, 0.15) is 0 Å². The monoisotopic (exact) mass is 224 g/mol. The van der Waals surface area contributed by atoms with Crippen LogP contribution in [0.3, 0.4) is 0 Å². The van der Waals surface area contributed by atoms with Crippen molar-refractivity contribution in [2.75, 3.05) is 7.11 Å². The molecule has 0 saturated carbocycles. The van der Waals surface area contributed by atoms with E-state index in [-0.39, 0.29) is 5.97 Å². The standard InChI is InChI=1S/C15H12O2/c1-3-6-11-9-10-14(15(16)17-2)13-8-5-4-7-12(11)13/h1,4-5,7-10H,6H2,2H3. The van der Waals surface area contributed by atoms with Gasteiger partial charge in [0.25, 0.3) is 0 Å². The molecule has 0 aliphatic heterocycles.